The van der Waals surface area contributed by atoms with E-state index in [0.29, 0.717) is 48.5 Å². The van der Waals surface area contributed by atoms with Crippen molar-refractivity contribution < 1.29 is 9.53 Å². The molecule has 5 heterocycles. The lowest BCUT2D eigenvalue weighted by molar-refractivity contribution is 0.0957. The fraction of sp³-hybridized carbons (Fsp3) is 0.364. The molecule has 1 atom stereocenters. The van der Waals surface area contributed by atoms with Crippen LogP contribution in [-0.2, 0) is 27.1 Å². The topological polar surface area (TPSA) is 87.9 Å². The van der Waals surface area contributed by atoms with Crippen LogP contribution in [0.1, 0.15) is 71.8 Å². The monoisotopic (exact) mass is 790 g/mol. The number of carbonyl (C=O) groups excluding carboxylic acids is 1. The summed E-state index contributed by atoms with van der Waals surface area (Å²) < 4.78 is 14.4. The molecule has 3 aromatic carbocycles. The van der Waals surface area contributed by atoms with E-state index in [0.717, 1.165) is 89.6 Å². The number of aromatic nitrogens is 7. The largest absolute Gasteiger partial charge is 0.494 e. The Balaban J connectivity index is 1.24. The van der Waals surface area contributed by atoms with Crippen LogP contribution >= 0.6 is 23.2 Å². The van der Waals surface area contributed by atoms with Gasteiger partial charge in [-0.1, -0.05) is 43.1 Å². The maximum absolute atomic E-state index is 15.3. The molecule has 56 heavy (non-hydrogen) atoms. The zero-order valence-electron chi connectivity index (χ0n) is 33.5. The van der Waals surface area contributed by atoms with Crippen molar-refractivity contribution in [2.75, 3.05) is 18.1 Å². The standard InChI is InChI=1S/C44H48Cl2N8O2/c1-24(2)20-52-23-47-43(49-52)30-12-15-36-34(19-30)37(22-50(36)8)53-21-27(5)54-41-33(13-14-35(45)39(41)38-28(6)48-51(9)29(38)7)32(42(54)44(53)55)11-10-16-56-31-17-25(3)40(46)26(4)18-31/h12-15,17-19,22-24,27H,10-11,16,20-21H2,1-9H3. The van der Waals surface area contributed by atoms with Crippen molar-refractivity contribution in [3.63, 3.8) is 0 Å². The van der Waals surface area contributed by atoms with Gasteiger partial charge >= 0.3 is 0 Å². The molecule has 10 nitrogen and oxygen atoms in total. The zero-order chi connectivity index (χ0) is 39.7. The van der Waals surface area contributed by atoms with Crippen molar-refractivity contribution in [1.29, 1.82) is 0 Å². The molecule has 0 fully saturated rings. The van der Waals surface area contributed by atoms with Crippen molar-refractivity contribution in [2.45, 2.75) is 73.9 Å². The highest BCUT2D eigenvalue weighted by Crippen LogP contribution is 2.46. The lowest BCUT2D eigenvalue weighted by Crippen LogP contribution is -2.42. The van der Waals surface area contributed by atoms with Crippen LogP contribution in [-0.4, -0.2) is 52.7 Å². The highest BCUT2D eigenvalue weighted by molar-refractivity contribution is 6.35. The van der Waals surface area contributed by atoms with Crippen LogP contribution in [0.5, 0.6) is 5.75 Å². The van der Waals surface area contributed by atoms with E-state index in [1.54, 1.807) is 6.33 Å². The van der Waals surface area contributed by atoms with E-state index >= 15 is 4.79 Å². The van der Waals surface area contributed by atoms with Crippen LogP contribution in [0.2, 0.25) is 10.0 Å². The fourth-order valence-corrected chi connectivity index (χ4v) is 8.91. The summed E-state index contributed by atoms with van der Waals surface area (Å²) in [5.41, 5.74) is 11.2. The molecule has 0 spiro atoms. The average Bonchev–Trinajstić information content (AvgIpc) is 3.90. The Morgan fingerprint density at radius 2 is 1.70 bits per heavy atom. The van der Waals surface area contributed by atoms with Gasteiger partial charge in [0.05, 0.1) is 28.5 Å². The van der Waals surface area contributed by atoms with Gasteiger partial charge < -0.3 is 18.8 Å². The van der Waals surface area contributed by atoms with Crippen molar-refractivity contribution in [3.8, 4) is 28.3 Å². The summed E-state index contributed by atoms with van der Waals surface area (Å²) in [5.74, 6) is 1.87. The Hall–Kier alpha value is -5.06. The first-order valence-corrected chi connectivity index (χ1v) is 20.0. The van der Waals surface area contributed by atoms with Crippen LogP contribution in [0, 0.1) is 33.6 Å². The molecule has 1 aliphatic rings. The molecular weight excluding hydrogens is 743 g/mol. The molecule has 0 radical (unpaired) electrons. The van der Waals surface area contributed by atoms with E-state index in [-0.39, 0.29) is 11.9 Å². The number of halogens is 2. The van der Waals surface area contributed by atoms with Crippen molar-refractivity contribution >= 4 is 56.6 Å². The van der Waals surface area contributed by atoms with Gasteiger partial charge in [-0.25, -0.2) is 4.98 Å². The van der Waals surface area contributed by atoms with Gasteiger partial charge in [-0.15, -0.1) is 0 Å². The van der Waals surface area contributed by atoms with Gasteiger partial charge in [0.15, 0.2) is 5.82 Å². The van der Waals surface area contributed by atoms with E-state index in [4.69, 9.17) is 38.1 Å². The number of rotatable bonds is 10. The molecule has 7 aromatic rings. The Morgan fingerprint density at radius 1 is 0.946 bits per heavy atom. The SMILES string of the molecule is Cc1cc(OCCCc2c3n(c4c(-c5c(C)nn(C)c5C)c(Cl)ccc24)C(C)CN(c2cn(C)c4ccc(-c5ncn(CC(C)C)n5)cc24)C3=O)cc(C)c1Cl. The smallest absolute Gasteiger partial charge is 0.275 e. The number of aryl methyl sites for hydroxylation is 6. The van der Waals surface area contributed by atoms with Crippen LogP contribution in [0.25, 0.3) is 44.3 Å². The van der Waals surface area contributed by atoms with Gasteiger partial charge in [0.25, 0.3) is 5.91 Å². The van der Waals surface area contributed by atoms with Gasteiger partial charge in [-0.05, 0) is 106 Å². The van der Waals surface area contributed by atoms with Gasteiger partial charge in [-0.2, -0.15) is 10.2 Å². The lowest BCUT2D eigenvalue weighted by atomic mass is 9.98. The van der Waals surface area contributed by atoms with Gasteiger partial charge in [0.1, 0.15) is 17.8 Å². The normalized spacial score (nSPS) is 14.5. The maximum atomic E-state index is 15.3. The minimum absolute atomic E-state index is 0.0434. The molecule has 8 rings (SSSR count). The summed E-state index contributed by atoms with van der Waals surface area (Å²) in [6.07, 6.45) is 5.19. The van der Waals surface area contributed by atoms with Gasteiger partial charge in [0, 0.05) is 83.1 Å². The molecule has 0 bridgehead atoms. The third-order valence-corrected chi connectivity index (χ3v) is 12.1. The highest BCUT2D eigenvalue weighted by Gasteiger charge is 2.37. The lowest BCUT2D eigenvalue weighted by Gasteiger charge is -2.34. The second-order valence-corrected chi connectivity index (χ2v) is 16.6. The second kappa shape index (κ2) is 14.5. The van der Waals surface area contributed by atoms with E-state index in [1.807, 2.05) is 67.3 Å². The van der Waals surface area contributed by atoms with Gasteiger partial charge in [-0.3, -0.25) is 14.2 Å². The van der Waals surface area contributed by atoms with Crippen LogP contribution < -0.4 is 9.64 Å². The van der Waals surface area contributed by atoms with E-state index in [2.05, 4.69) is 72.3 Å². The maximum Gasteiger partial charge on any atom is 0.275 e. The number of hydrogen-bond donors (Lipinski definition) is 0. The molecule has 1 amide bonds. The van der Waals surface area contributed by atoms with Crippen LogP contribution in [0.15, 0.2) is 55.0 Å². The first-order chi connectivity index (χ1) is 26.7. The van der Waals surface area contributed by atoms with E-state index < -0.39 is 0 Å². The highest BCUT2D eigenvalue weighted by atomic mass is 35.5. The minimum atomic E-state index is -0.0726. The Morgan fingerprint density at radius 3 is 2.39 bits per heavy atom. The molecule has 290 valence electrons. The summed E-state index contributed by atoms with van der Waals surface area (Å²) in [6, 6.07) is 14.2. The number of nitrogens with zero attached hydrogens (tertiary/aromatic N) is 8. The molecular formula is C44H48Cl2N8O2. The van der Waals surface area contributed by atoms with Crippen LogP contribution in [0.4, 0.5) is 5.69 Å². The zero-order valence-corrected chi connectivity index (χ0v) is 35.0. The number of carbonyl (C=O) groups is 1. The minimum Gasteiger partial charge on any atom is -0.494 e. The van der Waals surface area contributed by atoms with Crippen molar-refractivity contribution in [1.82, 2.24) is 33.7 Å². The van der Waals surface area contributed by atoms with E-state index in [9.17, 15) is 0 Å². The fourth-order valence-electron chi connectivity index (χ4n) is 8.55. The quantitative estimate of drug-likeness (QED) is 0.129. The number of amides is 1. The predicted octanol–water partition coefficient (Wildman–Crippen LogP) is 10.2. The number of benzene rings is 3. The van der Waals surface area contributed by atoms with Gasteiger partial charge in [0.2, 0.25) is 0 Å². The molecule has 1 aliphatic heterocycles. The summed E-state index contributed by atoms with van der Waals surface area (Å²) in [6.45, 7) is 16.3. The number of anilines is 1. The third kappa shape index (κ3) is 6.36. The summed E-state index contributed by atoms with van der Waals surface area (Å²) in [5, 5.41) is 12.9. The molecule has 0 aliphatic carbocycles. The third-order valence-electron chi connectivity index (χ3n) is 11.2. The predicted molar refractivity (Wildman–Crippen MR) is 227 cm³/mol. The Bertz CT molecular complexity index is 2660. The second-order valence-electron chi connectivity index (χ2n) is 15.8. The molecule has 0 saturated carbocycles. The average molecular weight is 792 g/mol. The molecule has 1 unspecified atom stereocenters. The number of ether oxygens (including phenoxy) is 1. The summed E-state index contributed by atoms with van der Waals surface area (Å²) in [7, 11) is 3.98. The molecule has 12 heteroatoms. The first kappa shape index (κ1) is 37.8. The van der Waals surface area contributed by atoms with E-state index in [1.165, 1.54) is 0 Å². The van der Waals surface area contributed by atoms with Crippen molar-refractivity contribution in [3.05, 3.63) is 98.8 Å². The molecule has 4 aromatic heterocycles. The molecule has 0 N–H and O–H groups in total. The van der Waals surface area contributed by atoms with Crippen molar-refractivity contribution in [2.24, 2.45) is 20.0 Å². The summed E-state index contributed by atoms with van der Waals surface area (Å²) >= 11 is 13.6. The van der Waals surface area contributed by atoms with Crippen LogP contribution in [0.3, 0.4) is 0 Å². The Kier molecular flexibility index (Phi) is 9.77. The first-order valence-electron chi connectivity index (χ1n) is 19.3. The number of hydrogen-bond acceptors (Lipinski definition) is 5. The molecule has 0 saturated heterocycles. The number of fused-ring (bicyclic) bond motifs is 4. The summed E-state index contributed by atoms with van der Waals surface area (Å²) in [4.78, 5) is 21.9. The Labute approximate surface area is 337 Å².